The highest BCUT2D eigenvalue weighted by Gasteiger charge is 2.46. The van der Waals surface area contributed by atoms with Crippen molar-refractivity contribution in [3.05, 3.63) is 89.4 Å². The minimum absolute atomic E-state index is 0.306. The van der Waals surface area contributed by atoms with Gasteiger partial charge in [-0.05, 0) is 54.1 Å². The highest BCUT2D eigenvalue weighted by molar-refractivity contribution is 6.00. The standard InChI is InChI=1S/C31H28FN9O/c32-25-5-1-3-23(15-25)19-41-29-9-7-26(17-24(29)18-38-41)40(20-33)31(30(34)35)27-16-22(6-8-28(27)36-21-37-31)4-2-10-39-11-13-42-14-12-39/h1,3,5-9,15-18,21H,10-14,19H2,(H3,34,35)(H,36,37). The van der Waals surface area contributed by atoms with Crippen LogP contribution in [0.1, 0.15) is 16.7 Å². The molecule has 11 heteroatoms. The molecule has 42 heavy (non-hydrogen) atoms. The van der Waals surface area contributed by atoms with Gasteiger partial charge in [0, 0.05) is 35.3 Å². The molecule has 0 saturated carbocycles. The molecule has 1 atom stereocenters. The molecule has 2 aliphatic rings. The van der Waals surface area contributed by atoms with E-state index in [-0.39, 0.29) is 11.7 Å². The van der Waals surface area contributed by atoms with Crippen molar-refractivity contribution in [2.24, 2.45) is 10.7 Å². The highest BCUT2D eigenvalue weighted by Crippen LogP contribution is 2.41. The number of halogens is 1. The summed E-state index contributed by atoms with van der Waals surface area (Å²) in [4.78, 5) is 8.15. The summed E-state index contributed by atoms with van der Waals surface area (Å²) in [6.07, 6.45) is 5.36. The van der Waals surface area contributed by atoms with Crippen molar-refractivity contribution in [2.75, 3.05) is 43.1 Å². The van der Waals surface area contributed by atoms with E-state index in [0.717, 1.165) is 35.1 Å². The van der Waals surface area contributed by atoms with Crippen molar-refractivity contribution < 1.29 is 9.13 Å². The van der Waals surface area contributed by atoms with Crippen LogP contribution in [-0.2, 0) is 16.9 Å². The molecule has 1 unspecified atom stereocenters. The Hall–Kier alpha value is -5.23. The molecule has 6 rings (SSSR count). The number of aromatic nitrogens is 2. The summed E-state index contributed by atoms with van der Waals surface area (Å²) in [7, 11) is 0. The fourth-order valence-corrected chi connectivity index (χ4v) is 5.29. The van der Waals surface area contributed by atoms with E-state index in [1.54, 1.807) is 23.0 Å². The lowest BCUT2D eigenvalue weighted by Crippen LogP contribution is -2.53. The smallest absolute Gasteiger partial charge is 0.231 e. The van der Waals surface area contributed by atoms with Crippen LogP contribution in [0.5, 0.6) is 0 Å². The second-order valence-corrected chi connectivity index (χ2v) is 10.0. The molecule has 1 fully saturated rings. The van der Waals surface area contributed by atoms with Crippen molar-refractivity contribution in [3.63, 3.8) is 0 Å². The van der Waals surface area contributed by atoms with Crippen molar-refractivity contribution in [3.8, 4) is 18.0 Å². The third kappa shape index (κ3) is 5.03. The third-order valence-corrected chi connectivity index (χ3v) is 7.41. The zero-order valence-electron chi connectivity index (χ0n) is 22.7. The lowest BCUT2D eigenvalue weighted by molar-refractivity contribution is 0.0443. The summed E-state index contributed by atoms with van der Waals surface area (Å²) in [5, 5.41) is 27.5. The van der Waals surface area contributed by atoms with E-state index in [2.05, 4.69) is 38.3 Å². The number of anilines is 2. The molecular weight excluding hydrogens is 533 g/mol. The van der Waals surface area contributed by atoms with Gasteiger partial charge in [-0.1, -0.05) is 24.0 Å². The summed E-state index contributed by atoms with van der Waals surface area (Å²) in [5.41, 5.74) is 8.63. The lowest BCUT2D eigenvalue weighted by atomic mass is 9.91. The van der Waals surface area contributed by atoms with Gasteiger partial charge in [0.1, 0.15) is 11.7 Å². The average molecular weight is 562 g/mol. The lowest BCUT2D eigenvalue weighted by Gasteiger charge is -2.39. The minimum atomic E-state index is -1.62. The maximum absolute atomic E-state index is 13.7. The Labute approximate surface area is 242 Å². The zero-order chi connectivity index (χ0) is 29.1. The average Bonchev–Trinajstić information content (AvgIpc) is 3.40. The Morgan fingerprint density at radius 2 is 2.02 bits per heavy atom. The second kappa shape index (κ2) is 11.3. The van der Waals surface area contributed by atoms with E-state index >= 15 is 0 Å². The van der Waals surface area contributed by atoms with Crippen molar-refractivity contribution in [1.82, 2.24) is 14.7 Å². The Kier molecular flexibility index (Phi) is 7.28. The van der Waals surface area contributed by atoms with E-state index in [0.29, 0.717) is 43.2 Å². The number of nitrogens with zero attached hydrogens (tertiary/aromatic N) is 6. The molecule has 0 spiro atoms. The SMILES string of the molecule is N#CN(c1ccc2c(cnn2Cc2cccc(F)c2)c1)C1(C(=N)N)N=CNc2ccc(C#CCN3CCOCC3)cc21. The molecule has 3 heterocycles. The predicted molar refractivity (Wildman–Crippen MR) is 160 cm³/mol. The number of hydrogen-bond acceptors (Lipinski definition) is 8. The zero-order valence-corrected chi connectivity index (χ0v) is 22.7. The van der Waals surface area contributed by atoms with Crippen LogP contribution in [0.2, 0.25) is 0 Å². The molecular formula is C31H28FN9O. The number of nitrogens with two attached hydrogens (primary N) is 1. The first-order valence-corrected chi connectivity index (χ1v) is 13.5. The molecule has 1 aromatic heterocycles. The first-order valence-electron chi connectivity index (χ1n) is 13.5. The monoisotopic (exact) mass is 561 g/mol. The maximum atomic E-state index is 13.7. The molecule has 0 bridgehead atoms. The summed E-state index contributed by atoms with van der Waals surface area (Å²) >= 11 is 0. The molecule has 0 aliphatic carbocycles. The first-order chi connectivity index (χ1) is 20.5. The first kappa shape index (κ1) is 27.0. The van der Waals surface area contributed by atoms with Gasteiger partial charge in [-0.3, -0.25) is 15.0 Å². The number of amidine groups is 1. The molecule has 4 N–H and O–H groups in total. The van der Waals surface area contributed by atoms with Crippen LogP contribution in [0.4, 0.5) is 15.8 Å². The van der Waals surface area contributed by atoms with E-state index in [1.165, 1.54) is 23.4 Å². The van der Waals surface area contributed by atoms with Crippen molar-refractivity contribution in [2.45, 2.75) is 12.2 Å². The normalized spacial score (nSPS) is 17.9. The number of fused-ring (bicyclic) bond motifs is 2. The summed E-state index contributed by atoms with van der Waals surface area (Å²) in [6.45, 7) is 4.10. The number of hydrogen-bond donors (Lipinski definition) is 3. The highest BCUT2D eigenvalue weighted by atomic mass is 19.1. The molecule has 10 nitrogen and oxygen atoms in total. The van der Waals surface area contributed by atoms with Crippen LogP contribution in [0.25, 0.3) is 10.9 Å². The maximum Gasteiger partial charge on any atom is 0.231 e. The molecule has 1 saturated heterocycles. The van der Waals surface area contributed by atoms with Gasteiger partial charge >= 0.3 is 0 Å². The summed E-state index contributed by atoms with van der Waals surface area (Å²) in [6, 6.07) is 17.4. The van der Waals surface area contributed by atoms with Gasteiger partial charge in [-0.15, -0.1) is 0 Å². The number of rotatable bonds is 6. The van der Waals surface area contributed by atoms with Crippen LogP contribution in [0.3, 0.4) is 0 Å². The Balaban J connectivity index is 1.34. The fraction of sp³-hybridized carbons (Fsp3) is 0.226. The Bertz CT molecular complexity index is 1790. The molecule has 210 valence electrons. The van der Waals surface area contributed by atoms with Gasteiger partial charge in [-0.2, -0.15) is 10.4 Å². The van der Waals surface area contributed by atoms with Gasteiger partial charge in [0.2, 0.25) is 5.66 Å². The number of benzene rings is 3. The number of nitrogens with one attached hydrogen (secondary N) is 2. The Morgan fingerprint density at radius 1 is 1.17 bits per heavy atom. The second-order valence-electron chi connectivity index (χ2n) is 10.0. The topological polar surface area (TPSA) is 132 Å². The molecule has 3 aromatic carbocycles. The quantitative estimate of drug-likeness (QED) is 0.108. The van der Waals surface area contributed by atoms with Crippen LogP contribution < -0.4 is 16.0 Å². The van der Waals surface area contributed by atoms with E-state index in [1.807, 2.05) is 36.4 Å². The van der Waals surface area contributed by atoms with Crippen molar-refractivity contribution in [1.29, 1.82) is 10.7 Å². The van der Waals surface area contributed by atoms with Gasteiger partial charge in [0.15, 0.2) is 6.19 Å². The molecule has 0 amide bonds. The van der Waals surface area contributed by atoms with Crippen molar-refractivity contribution >= 4 is 34.5 Å². The van der Waals surface area contributed by atoms with Gasteiger partial charge < -0.3 is 15.8 Å². The van der Waals surface area contributed by atoms with Crippen LogP contribution >= 0.6 is 0 Å². The predicted octanol–water partition coefficient (Wildman–Crippen LogP) is 3.44. The number of morpholine rings is 1. The molecule has 4 aromatic rings. The number of ether oxygens (including phenoxy) is 1. The van der Waals surface area contributed by atoms with Gasteiger partial charge in [0.25, 0.3) is 0 Å². The van der Waals surface area contributed by atoms with E-state index in [4.69, 9.17) is 15.9 Å². The molecule has 0 radical (unpaired) electrons. The largest absolute Gasteiger partial charge is 0.384 e. The Morgan fingerprint density at radius 3 is 2.81 bits per heavy atom. The third-order valence-electron chi connectivity index (χ3n) is 7.41. The number of aliphatic imine (C=N–C) groups is 1. The van der Waals surface area contributed by atoms with Crippen LogP contribution in [-0.4, -0.2) is 59.7 Å². The van der Waals surface area contributed by atoms with Gasteiger partial charge in [-0.25, -0.2) is 14.3 Å². The summed E-state index contributed by atoms with van der Waals surface area (Å²) < 4.78 is 20.9. The fourth-order valence-electron chi connectivity index (χ4n) is 5.29. The van der Waals surface area contributed by atoms with E-state index < -0.39 is 5.66 Å². The summed E-state index contributed by atoms with van der Waals surface area (Å²) in [5.74, 6) is 5.80. The van der Waals surface area contributed by atoms with Gasteiger partial charge in [0.05, 0.1) is 50.0 Å². The van der Waals surface area contributed by atoms with Crippen LogP contribution in [0, 0.1) is 34.5 Å². The number of nitriles is 1. The van der Waals surface area contributed by atoms with E-state index in [9.17, 15) is 9.65 Å². The molecule has 2 aliphatic heterocycles. The minimum Gasteiger partial charge on any atom is -0.384 e. The van der Waals surface area contributed by atoms with Crippen LogP contribution in [0.15, 0.2) is 71.9 Å².